The summed E-state index contributed by atoms with van der Waals surface area (Å²) >= 11 is 7.81. The van der Waals surface area contributed by atoms with Gasteiger partial charge in [0.1, 0.15) is 0 Å². The summed E-state index contributed by atoms with van der Waals surface area (Å²) in [4.78, 5) is 11.1. The predicted molar refractivity (Wildman–Crippen MR) is 78.9 cm³/mol. The number of aromatic carboxylic acids is 1. The van der Waals surface area contributed by atoms with Crippen LogP contribution >= 0.6 is 23.4 Å². The Hall–Kier alpha value is -1.07. The van der Waals surface area contributed by atoms with Crippen LogP contribution in [0, 0.1) is 0 Å². The van der Waals surface area contributed by atoms with Gasteiger partial charge in [0.05, 0.1) is 16.3 Å². The zero-order chi connectivity index (χ0) is 13.5. The Kier molecular flexibility index (Phi) is 6.15. The summed E-state index contributed by atoms with van der Waals surface area (Å²) in [5.74, 6) is 0.0685. The highest BCUT2D eigenvalue weighted by atomic mass is 35.5. The van der Waals surface area contributed by atoms with Crippen LogP contribution in [0.15, 0.2) is 12.1 Å². The molecule has 0 radical (unpaired) electrons. The molecule has 0 saturated heterocycles. The Morgan fingerprint density at radius 3 is 2.83 bits per heavy atom. The van der Waals surface area contributed by atoms with Crippen LogP contribution in [-0.2, 0) is 0 Å². The van der Waals surface area contributed by atoms with Crippen LogP contribution in [0.25, 0.3) is 0 Å². The van der Waals surface area contributed by atoms with Crippen molar-refractivity contribution >= 4 is 40.7 Å². The summed E-state index contributed by atoms with van der Waals surface area (Å²) < 4.78 is 0. The molecular weight excluding hydrogens is 272 g/mol. The Labute approximate surface area is 116 Å². The van der Waals surface area contributed by atoms with Crippen LogP contribution in [0.4, 0.5) is 11.4 Å². The van der Waals surface area contributed by atoms with E-state index in [1.54, 1.807) is 17.8 Å². The summed E-state index contributed by atoms with van der Waals surface area (Å²) in [6, 6.07) is 2.97. The number of rotatable bonds is 7. The molecule has 1 aromatic rings. The molecule has 0 saturated carbocycles. The number of carboxylic acid groups (broad SMARTS) is 1. The molecule has 0 aliphatic carbocycles. The second-order valence-corrected chi connectivity index (χ2v) is 5.25. The first-order valence-corrected chi connectivity index (χ1v) is 7.38. The minimum atomic E-state index is -1.03. The van der Waals surface area contributed by atoms with E-state index in [0.717, 1.165) is 18.6 Å². The number of halogens is 1. The molecule has 0 aromatic heterocycles. The topological polar surface area (TPSA) is 75.3 Å². The molecule has 0 bridgehead atoms. The molecule has 0 fully saturated rings. The fraction of sp³-hybridized carbons (Fsp3) is 0.417. The van der Waals surface area contributed by atoms with Gasteiger partial charge in [0.2, 0.25) is 0 Å². The molecule has 1 rings (SSSR count). The summed E-state index contributed by atoms with van der Waals surface area (Å²) in [6.45, 7) is 0.699. The number of carbonyl (C=O) groups is 1. The molecule has 4 N–H and O–H groups in total. The van der Waals surface area contributed by atoms with E-state index in [-0.39, 0.29) is 5.56 Å². The lowest BCUT2D eigenvalue weighted by molar-refractivity contribution is 0.0698. The van der Waals surface area contributed by atoms with Gasteiger partial charge in [0, 0.05) is 12.2 Å². The Morgan fingerprint density at radius 2 is 2.22 bits per heavy atom. The summed E-state index contributed by atoms with van der Waals surface area (Å²) in [5.41, 5.74) is 6.50. The van der Waals surface area contributed by atoms with Crippen molar-refractivity contribution in [2.45, 2.75) is 12.8 Å². The van der Waals surface area contributed by atoms with Crippen molar-refractivity contribution in [2.24, 2.45) is 0 Å². The zero-order valence-corrected chi connectivity index (χ0v) is 11.8. The molecule has 18 heavy (non-hydrogen) atoms. The van der Waals surface area contributed by atoms with Crippen LogP contribution in [0.2, 0.25) is 5.02 Å². The summed E-state index contributed by atoms with van der Waals surface area (Å²) in [6.07, 6.45) is 4.12. The lowest BCUT2D eigenvalue weighted by Crippen LogP contribution is -2.09. The van der Waals surface area contributed by atoms with Gasteiger partial charge in [0.15, 0.2) is 0 Å². The van der Waals surface area contributed by atoms with Crippen LogP contribution < -0.4 is 11.1 Å². The van der Waals surface area contributed by atoms with E-state index in [9.17, 15) is 4.79 Å². The number of benzene rings is 1. The monoisotopic (exact) mass is 288 g/mol. The fourth-order valence-electron chi connectivity index (χ4n) is 1.56. The molecular formula is C12H17ClN2O2S. The molecule has 0 aliphatic heterocycles. The van der Waals surface area contributed by atoms with Crippen molar-refractivity contribution in [1.82, 2.24) is 0 Å². The van der Waals surface area contributed by atoms with Gasteiger partial charge in [-0.3, -0.25) is 0 Å². The average molecular weight is 289 g/mol. The molecule has 0 unspecified atom stereocenters. The largest absolute Gasteiger partial charge is 0.478 e. The van der Waals surface area contributed by atoms with Crippen LogP contribution in [-0.4, -0.2) is 29.6 Å². The first-order valence-electron chi connectivity index (χ1n) is 5.61. The number of unbranched alkanes of at least 4 members (excludes halogenated alkanes) is 1. The predicted octanol–water partition coefficient (Wildman–Crippen LogP) is 3.18. The van der Waals surface area contributed by atoms with Crippen molar-refractivity contribution in [2.75, 3.05) is 29.6 Å². The van der Waals surface area contributed by atoms with E-state index in [1.165, 1.54) is 6.07 Å². The third-order valence-corrected chi connectivity index (χ3v) is 3.41. The smallest absolute Gasteiger partial charge is 0.337 e. The molecule has 1 aromatic carbocycles. The molecule has 0 atom stereocenters. The highest BCUT2D eigenvalue weighted by Crippen LogP contribution is 2.29. The van der Waals surface area contributed by atoms with Gasteiger partial charge in [-0.2, -0.15) is 11.8 Å². The fourth-order valence-corrected chi connectivity index (χ4v) is 2.35. The highest BCUT2D eigenvalue weighted by Gasteiger charge is 2.14. The number of carboxylic acids is 1. The Bertz CT molecular complexity index is 427. The molecule has 4 nitrogen and oxygen atoms in total. The van der Waals surface area contributed by atoms with Crippen molar-refractivity contribution in [3.8, 4) is 0 Å². The number of hydrogen-bond acceptors (Lipinski definition) is 4. The first-order chi connectivity index (χ1) is 8.56. The van der Waals surface area contributed by atoms with Gasteiger partial charge >= 0.3 is 5.97 Å². The van der Waals surface area contributed by atoms with Crippen molar-refractivity contribution in [3.05, 3.63) is 22.7 Å². The van der Waals surface area contributed by atoms with E-state index in [4.69, 9.17) is 22.4 Å². The number of nitrogens with one attached hydrogen (secondary N) is 1. The molecule has 0 spiro atoms. The van der Waals surface area contributed by atoms with Gasteiger partial charge in [-0.25, -0.2) is 4.79 Å². The minimum absolute atomic E-state index is 0.116. The lowest BCUT2D eigenvalue weighted by atomic mass is 10.1. The maximum absolute atomic E-state index is 11.1. The third-order valence-electron chi connectivity index (χ3n) is 2.42. The first kappa shape index (κ1) is 15.0. The average Bonchev–Trinajstić information content (AvgIpc) is 2.30. The minimum Gasteiger partial charge on any atom is -0.478 e. The molecule has 100 valence electrons. The standard InChI is InChI=1S/C12H17ClN2O2S/c1-18-5-3-2-4-15-11-9(12(16)17)6-8(14)7-10(11)13/h6-7,15H,2-5,14H2,1H3,(H,16,17). The maximum atomic E-state index is 11.1. The molecule has 0 heterocycles. The Balaban J connectivity index is 2.71. The molecule has 0 aliphatic rings. The molecule has 0 amide bonds. The van der Waals surface area contributed by atoms with Crippen molar-refractivity contribution in [1.29, 1.82) is 0 Å². The summed E-state index contributed by atoms with van der Waals surface area (Å²) in [5, 5.41) is 12.5. The highest BCUT2D eigenvalue weighted by molar-refractivity contribution is 7.98. The molecule has 6 heteroatoms. The van der Waals surface area contributed by atoms with Gasteiger partial charge in [-0.05, 0) is 37.0 Å². The third kappa shape index (κ3) is 4.31. The van der Waals surface area contributed by atoms with Crippen molar-refractivity contribution in [3.63, 3.8) is 0 Å². The van der Waals surface area contributed by atoms with Crippen LogP contribution in [0.5, 0.6) is 0 Å². The quantitative estimate of drug-likeness (QED) is 0.531. The maximum Gasteiger partial charge on any atom is 0.337 e. The number of thioether (sulfide) groups is 1. The SMILES string of the molecule is CSCCCCNc1c(Cl)cc(N)cc1C(=O)O. The van der Waals surface area contributed by atoms with Crippen molar-refractivity contribution < 1.29 is 9.90 Å². The van der Waals surface area contributed by atoms with Crippen LogP contribution in [0.1, 0.15) is 23.2 Å². The zero-order valence-electron chi connectivity index (χ0n) is 10.2. The normalized spacial score (nSPS) is 10.3. The van der Waals surface area contributed by atoms with Gasteiger partial charge in [-0.15, -0.1) is 0 Å². The van der Waals surface area contributed by atoms with Crippen LogP contribution in [0.3, 0.4) is 0 Å². The summed E-state index contributed by atoms with van der Waals surface area (Å²) in [7, 11) is 0. The van der Waals surface area contributed by atoms with E-state index >= 15 is 0 Å². The number of anilines is 2. The second-order valence-electron chi connectivity index (χ2n) is 3.86. The Morgan fingerprint density at radius 1 is 1.50 bits per heavy atom. The van der Waals surface area contributed by atoms with E-state index in [1.807, 2.05) is 0 Å². The van der Waals surface area contributed by atoms with Gasteiger partial charge in [0.25, 0.3) is 0 Å². The van der Waals surface area contributed by atoms with E-state index in [0.29, 0.717) is 22.9 Å². The number of nitrogens with two attached hydrogens (primary N) is 1. The number of hydrogen-bond donors (Lipinski definition) is 3. The van der Waals surface area contributed by atoms with Gasteiger partial charge < -0.3 is 16.2 Å². The lowest BCUT2D eigenvalue weighted by Gasteiger charge is -2.12. The van der Waals surface area contributed by atoms with Gasteiger partial charge in [-0.1, -0.05) is 11.6 Å². The van der Waals surface area contributed by atoms with E-state index < -0.39 is 5.97 Å². The van der Waals surface area contributed by atoms with E-state index in [2.05, 4.69) is 11.6 Å². The number of nitrogen functional groups attached to an aromatic ring is 1. The second kappa shape index (κ2) is 7.38.